The number of aryl methyl sites for hydroxylation is 2. The lowest BCUT2D eigenvalue weighted by atomic mass is 10.0. The summed E-state index contributed by atoms with van der Waals surface area (Å²) in [6.45, 7) is 8.28. The summed E-state index contributed by atoms with van der Waals surface area (Å²) in [5, 5.41) is 0. The van der Waals surface area contributed by atoms with Gasteiger partial charge in [-0.2, -0.15) is 0 Å². The number of pyridine rings is 1. The van der Waals surface area contributed by atoms with Crippen molar-refractivity contribution in [3.05, 3.63) is 47.2 Å². The van der Waals surface area contributed by atoms with Gasteiger partial charge in [-0.15, -0.1) is 0 Å². The van der Waals surface area contributed by atoms with Crippen LogP contribution in [0.2, 0.25) is 0 Å². The highest BCUT2D eigenvalue weighted by Gasteiger charge is 2.07. The Morgan fingerprint density at radius 2 is 1.84 bits per heavy atom. The third-order valence-electron chi connectivity index (χ3n) is 3.21. The minimum absolute atomic E-state index is 0.471. The summed E-state index contributed by atoms with van der Waals surface area (Å²) < 4.78 is 5.84. The monoisotopic (exact) mass is 256 g/mol. The molecule has 0 amide bonds. The Bertz CT molecular complexity index is 591. The molecule has 0 aliphatic carbocycles. The van der Waals surface area contributed by atoms with E-state index < -0.39 is 0 Å². The van der Waals surface area contributed by atoms with Crippen LogP contribution in [0.15, 0.2) is 30.5 Å². The third kappa shape index (κ3) is 3.05. The van der Waals surface area contributed by atoms with Gasteiger partial charge >= 0.3 is 0 Å². The average Bonchev–Trinajstić information content (AvgIpc) is 2.36. The van der Waals surface area contributed by atoms with Gasteiger partial charge in [-0.25, -0.2) is 4.98 Å². The molecule has 0 aliphatic heterocycles. The van der Waals surface area contributed by atoms with Crippen molar-refractivity contribution in [1.82, 2.24) is 4.98 Å². The molecule has 1 aromatic heterocycles. The molecule has 0 fully saturated rings. The fraction of sp³-hybridized carbons (Fsp3) is 0.312. The van der Waals surface area contributed by atoms with Crippen LogP contribution in [-0.4, -0.2) is 4.98 Å². The Morgan fingerprint density at radius 3 is 2.47 bits per heavy atom. The molecular formula is C16H20N2O. The number of anilines is 1. The molecule has 1 heterocycles. The maximum absolute atomic E-state index is 5.87. The topological polar surface area (TPSA) is 48.1 Å². The molecule has 19 heavy (non-hydrogen) atoms. The van der Waals surface area contributed by atoms with E-state index in [9.17, 15) is 0 Å². The van der Waals surface area contributed by atoms with Crippen molar-refractivity contribution >= 4 is 5.69 Å². The second-order valence-corrected chi connectivity index (χ2v) is 5.16. The molecule has 0 atom stereocenters. The Balaban J connectivity index is 2.31. The second-order valence-electron chi connectivity index (χ2n) is 5.16. The van der Waals surface area contributed by atoms with Crippen LogP contribution in [0, 0.1) is 13.8 Å². The van der Waals surface area contributed by atoms with Crippen LogP contribution in [0.25, 0.3) is 0 Å². The summed E-state index contributed by atoms with van der Waals surface area (Å²) in [6, 6.07) is 8.03. The molecule has 0 saturated heterocycles. The van der Waals surface area contributed by atoms with Crippen molar-refractivity contribution in [2.24, 2.45) is 0 Å². The second kappa shape index (κ2) is 5.31. The van der Waals surface area contributed by atoms with Crippen LogP contribution in [0.4, 0.5) is 5.69 Å². The van der Waals surface area contributed by atoms with Crippen LogP contribution < -0.4 is 10.5 Å². The number of nitrogen functional groups attached to an aromatic ring is 1. The molecule has 1 aromatic carbocycles. The Labute approximate surface area is 114 Å². The summed E-state index contributed by atoms with van der Waals surface area (Å²) in [5.41, 5.74) is 9.86. The zero-order valence-corrected chi connectivity index (χ0v) is 11.9. The predicted molar refractivity (Wildman–Crippen MR) is 78.7 cm³/mol. The lowest BCUT2D eigenvalue weighted by molar-refractivity contribution is 0.458. The van der Waals surface area contributed by atoms with Crippen LogP contribution in [-0.2, 0) is 0 Å². The molecule has 0 bridgehead atoms. The molecule has 0 spiro atoms. The minimum atomic E-state index is 0.471. The van der Waals surface area contributed by atoms with Crippen molar-refractivity contribution in [1.29, 1.82) is 0 Å². The molecule has 3 heteroatoms. The molecule has 0 saturated carbocycles. The van der Waals surface area contributed by atoms with E-state index >= 15 is 0 Å². The SMILES string of the molecule is Cc1cnc(Oc2cc(C(C)C)ccc2C)cc1N. The first-order chi connectivity index (χ1) is 8.97. The standard InChI is InChI=1S/C16H20N2O/c1-10(2)13-6-5-11(3)15(7-13)19-16-8-14(17)12(4)9-18-16/h5-10H,1-4H3,(H2,17,18). The van der Waals surface area contributed by atoms with Gasteiger partial charge in [-0.05, 0) is 42.5 Å². The quantitative estimate of drug-likeness (QED) is 0.895. The van der Waals surface area contributed by atoms with E-state index in [1.807, 2.05) is 13.8 Å². The lowest BCUT2D eigenvalue weighted by Gasteiger charge is -2.12. The van der Waals surface area contributed by atoms with Gasteiger partial charge in [0, 0.05) is 18.0 Å². The third-order valence-corrected chi connectivity index (χ3v) is 3.21. The molecule has 2 N–H and O–H groups in total. The van der Waals surface area contributed by atoms with E-state index in [4.69, 9.17) is 10.5 Å². The number of nitrogens with zero attached hydrogens (tertiary/aromatic N) is 1. The maximum Gasteiger partial charge on any atom is 0.221 e. The van der Waals surface area contributed by atoms with E-state index in [1.165, 1.54) is 5.56 Å². The van der Waals surface area contributed by atoms with Gasteiger partial charge in [0.25, 0.3) is 0 Å². The molecule has 3 nitrogen and oxygen atoms in total. The zero-order valence-electron chi connectivity index (χ0n) is 11.9. The molecule has 2 aromatic rings. The lowest BCUT2D eigenvalue weighted by Crippen LogP contribution is -1.96. The first-order valence-corrected chi connectivity index (χ1v) is 6.48. The number of benzene rings is 1. The van der Waals surface area contributed by atoms with Gasteiger partial charge in [0.1, 0.15) is 5.75 Å². The van der Waals surface area contributed by atoms with E-state index in [0.717, 1.165) is 16.9 Å². The van der Waals surface area contributed by atoms with E-state index in [0.29, 0.717) is 17.5 Å². The number of hydrogen-bond donors (Lipinski definition) is 1. The van der Waals surface area contributed by atoms with Crippen molar-refractivity contribution in [3.8, 4) is 11.6 Å². The van der Waals surface area contributed by atoms with Crippen molar-refractivity contribution in [2.75, 3.05) is 5.73 Å². The summed E-state index contributed by atoms with van der Waals surface area (Å²) in [6.07, 6.45) is 1.73. The fourth-order valence-corrected chi connectivity index (χ4v) is 1.77. The van der Waals surface area contributed by atoms with Gasteiger partial charge in [0.15, 0.2) is 0 Å². The van der Waals surface area contributed by atoms with E-state index in [2.05, 4.69) is 37.0 Å². The minimum Gasteiger partial charge on any atom is -0.439 e. The maximum atomic E-state index is 5.87. The fourth-order valence-electron chi connectivity index (χ4n) is 1.77. The normalized spacial score (nSPS) is 10.8. The summed E-state index contributed by atoms with van der Waals surface area (Å²) in [7, 11) is 0. The number of ether oxygens (including phenoxy) is 1. The number of rotatable bonds is 3. The van der Waals surface area contributed by atoms with Crippen molar-refractivity contribution in [3.63, 3.8) is 0 Å². The highest BCUT2D eigenvalue weighted by molar-refractivity contribution is 5.48. The van der Waals surface area contributed by atoms with Crippen molar-refractivity contribution in [2.45, 2.75) is 33.6 Å². The molecule has 0 unspecified atom stereocenters. The van der Waals surface area contributed by atoms with Gasteiger partial charge in [-0.3, -0.25) is 0 Å². The number of hydrogen-bond acceptors (Lipinski definition) is 3. The summed E-state index contributed by atoms with van der Waals surface area (Å²) in [5.74, 6) is 1.84. The largest absolute Gasteiger partial charge is 0.439 e. The number of aromatic nitrogens is 1. The van der Waals surface area contributed by atoms with Crippen LogP contribution in [0.3, 0.4) is 0 Å². The highest BCUT2D eigenvalue weighted by Crippen LogP contribution is 2.28. The van der Waals surface area contributed by atoms with Gasteiger partial charge in [0.2, 0.25) is 5.88 Å². The predicted octanol–water partition coefficient (Wildman–Crippen LogP) is 4.20. The van der Waals surface area contributed by atoms with Gasteiger partial charge < -0.3 is 10.5 Å². The smallest absolute Gasteiger partial charge is 0.221 e. The molecule has 100 valence electrons. The van der Waals surface area contributed by atoms with Crippen molar-refractivity contribution < 1.29 is 4.74 Å². The first kappa shape index (κ1) is 13.4. The van der Waals surface area contributed by atoms with Crippen LogP contribution in [0.1, 0.15) is 36.5 Å². The first-order valence-electron chi connectivity index (χ1n) is 6.48. The van der Waals surface area contributed by atoms with Gasteiger partial charge in [-0.1, -0.05) is 26.0 Å². The Hall–Kier alpha value is -2.03. The molecule has 0 aliphatic rings. The highest BCUT2D eigenvalue weighted by atomic mass is 16.5. The Kier molecular flexibility index (Phi) is 3.74. The van der Waals surface area contributed by atoms with E-state index in [-0.39, 0.29) is 0 Å². The molecule has 2 rings (SSSR count). The van der Waals surface area contributed by atoms with Crippen LogP contribution in [0.5, 0.6) is 11.6 Å². The summed E-state index contributed by atoms with van der Waals surface area (Å²) >= 11 is 0. The van der Waals surface area contributed by atoms with E-state index in [1.54, 1.807) is 12.3 Å². The van der Waals surface area contributed by atoms with Gasteiger partial charge in [0.05, 0.1) is 0 Å². The average molecular weight is 256 g/mol. The zero-order chi connectivity index (χ0) is 14.0. The molecule has 0 radical (unpaired) electrons. The Morgan fingerprint density at radius 1 is 1.11 bits per heavy atom. The van der Waals surface area contributed by atoms with Crippen LogP contribution >= 0.6 is 0 Å². The number of nitrogens with two attached hydrogens (primary N) is 1. The molecular weight excluding hydrogens is 236 g/mol. The summed E-state index contributed by atoms with van der Waals surface area (Å²) in [4.78, 5) is 4.25.